The lowest BCUT2D eigenvalue weighted by Crippen LogP contribution is -2.28. The minimum atomic E-state index is 1.11. The van der Waals surface area contributed by atoms with E-state index in [1.807, 2.05) is 0 Å². The van der Waals surface area contributed by atoms with E-state index in [0.29, 0.717) is 0 Å². The topological polar surface area (TPSA) is 6.48 Å². The smallest absolute Gasteiger partial charge is 0.0297 e. The Bertz CT molecular complexity index is 120. The van der Waals surface area contributed by atoms with Crippen LogP contribution in [0.25, 0.3) is 0 Å². The van der Waals surface area contributed by atoms with E-state index < -0.39 is 0 Å². The SMILES string of the molecule is CCN1CC=CN(C)CC1. The lowest BCUT2D eigenvalue weighted by Gasteiger charge is -2.17. The molecule has 0 aromatic heterocycles. The maximum atomic E-state index is 2.43. The summed E-state index contributed by atoms with van der Waals surface area (Å²) in [5, 5.41) is 0. The molecule has 2 nitrogen and oxygen atoms in total. The summed E-state index contributed by atoms with van der Waals surface area (Å²) in [5.74, 6) is 0. The molecular formula is C8H16N2. The summed E-state index contributed by atoms with van der Waals surface area (Å²) < 4.78 is 0. The molecule has 0 atom stereocenters. The third-order valence-electron chi connectivity index (χ3n) is 1.94. The van der Waals surface area contributed by atoms with Crippen LogP contribution in [0.3, 0.4) is 0 Å². The molecule has 0 saturated carbocycles. The molecule has 58 valence electrons. The predicted octanol–water partition coefficient (Wildman–Crippen LogP) is 0.767. The molecule has 1 rings (SSSR count). The van der Waals surface area contributed by atoms with Crippen LogP contribution < -0.4 is 0 Å². The fourth-order valence-corrected chi connectivity index (χ4v) is 1.13. The molecule has 2 heteroatoms. The normalized spacial score (nSPS) is 21.2. The van der Waals surface area contributed by atoms with E-state index >= 15 is 0 Å². The predicted molar refractivity (Wildman–Crippen MR) is 43.9 cm³/mol. The number of hydrogen-bond donors (Lipinski definition) is 0. The van der Waals surface area contributed by atoms with E-state index in [2.05, 4.69) is 36.0 Å². The van der Waals surface area contributed by atoms with Crippen molar-refractivity contribution in [3.63, 3.8) is 0 Å². The Morgan fingerprint density at radius 3 is 2.90 bits per heavy atom. The minimum Gasteiger partial charge on any atom is -0.379 e. The second-order valence-corrected chi connectivity index (χ2v) is 2.76. The van der Waals surface area contributed by atoms with Crippen molar-refractivity contribution in [3.8, 4) is 0 Å². The standard InChI is InChI=1S/C8H16N2/c1-3-10-6-4-5-9(2)7-8-10/h4-5H,3,6-8H2,1-2H3. The van der Waals surface area contributed by atoms with Crippen LogP contribution in [-0.2, 0) is 0 Å². The molecule has 1 aliphatic heterocycles. The van der Waals surface area contributed by atoms with Gasteiger partial charge in [0, 0.05) is 26.7 Å². The van der Waals surface area contributed by atoms with Crippen molar-refractivity contribution in [1.29, 1.82) is 0 Å². The Labute approximate surface area is 63.1 Å². The molecule has 0 saturated heterocycles. The van der Waals surface area contributed by atoms with Crippen molar-refractivity contribution < 1.29 is 0 Å². The zero-order valence-electron chi connectivity index (χ0n) is 6.88. The fraction of sp³-hybridized carbons (Fsp3) is 0.750. The van der Waals surface area contributed by atoms with Crippen LogP contribution in [0.5, 0.6) is 0 Å². The zero-order chi connectivity index (χ0) is 7.40. The first-order valence-electron chi connectivity index (χ1n) is 3.92. The van der Waals surface area contributed by atoms with Gasteiger partial charge in [0.1, 0.15) is 0 Å². The molecule has 0 fully saturated rings. The van der Waals surface area contributed by atoms with Gasteiger partial charge in [0.15, 0.2) is 0 Å². The van der Waals surface area contributed by atoms with E-state index in [9.17, 15) is 0 Å². The van der Waals surface area contributed by atoms with Gasteiger partial charge < -0.3 is 4.90 Å². The lowest BCUT2D eigenvalue weighted by atomic mass is 10.5. The number of hydrogen-bond acceptors (Lipinski definition) is 2. The van der Waals surface area contributed by atoms with Crippen LogP contribution in [-0.4, -0.2) is 43.0 Å². The summed E-state index contributed by atoms with van der Waals surface area (Å²) in [5.41, 5.74) is 0. The average Bonchev–Trinajstić information content (AvgIpc) is 2.14. The second kappa shape index (κ2) is 3.62. The molecule has 0 aromatic rings. The molecule has 0 N–H and O–H groups in total. The highest BCUT2D eigenvalue weighted by atomic mass is 15.2. The molecule has 0 aromatic carbocycles. The zero-order valence-corrected chi connectivity index (χ0v) is 6.88. The molecule has 1 aliphatic rings. The summed E-state index contributed by atoms with van der Waals surface area (Å²) in [6.45, 7) is 6.84. The van der Waals surface area contributed by atoms with Crippen LogP contribution in [0.4, 0.5) is 0 Å². The first-order chi connectivity index (χ1) is 4.83. The minimum absolute atomic E-state index is 1.11. The lowest BCUT2D eigenvalue weighted by molar-refractivity contribution is 0.298. The van der Waals surface area contributed by atoms with E-state index in [0.717, 1.165) is 19.6 Å². The van der Waals surface area contributed by atoms with E-state index in [4.69, 9.17) is 0 Å². The van der Waals surface area contributed by atoms with Gasteiger partial charge in [-0.3, -0.25) is 4.90 Å². The fourth-order valence-electron chi connectivity index (χ4n) is 1.13. The molecule has 0 unspecified atom stereocenters. The first kappa shape index (κ1) is 7.61. The first-order valence-corrected chi connectivity index (χ1v) is 3.92. The second-order valence-electron chi connectivity index (χ2n) is 2.76. The Hall–Kier alpha value is -0.500. The Morgan fingerprint density at radius 2 is 2.20 bits per heavy atom. The molecular weight excluding hydrogens is 124 g/mol. The Balaban J connectivity index is 2.37. The van der Waals surface area contributed by atoms with Gasteiger partial charge in [-0.15, -0.1) is 0 Å². The molecule has 0 radical (unpaired) electrons. The van der Waals surface area contributed by atoms with Crippen molar-refractivity contribution >= 4 is 0 Å². The number of likely N-dealkylation sites (N-methyl/N-ethyl adjacent to an activating group) is 2. The van der Waals surface area contributed by atoms with E-state index in [-0.39, 0.29) is 0 Å². The van der Waals surface area contributed by atoms with E-state index in [1.165, 1.54) is 6.54 Å². The highest BCUT2D eigenvalue weighted by Gasteiger charge is 2.03. The highest BCUT2D eigenvalue weighted by Crippen LogP contribution is 1.96. The molecule has 0 aliphatic carbocycles. The molecule has 1 heterocycles. The Morgan fingerprint density at radius 1 is 1.40 bits per heavy atom. The van der Waals surface area contributed by atoms with Gasteiger partial charge in [-0.25, -0.2) is 0 Å². The molecule has 0 amide bonds. The van der Waals surface area contributed by atoms with Gasteiger partial charge in [0.25, 0.3) is 0 Å². The van der Waals surface area contributed by atoms with Gasteiger partial charge in [-0.2, -0.15) is 0 Å². The maximum absolute atomic E-state index is 2.43. The summed E-state index contributed by atoms with van der Waals surface area (Å²) >= 11 is 0. The van der Waals surface area contributed by atoms with Gasteiger partial charge in [0.05, 0.1) is 0 Å². The van der Waals surface area contributed by atoms with Gasteiger partial charge in [-0.1, -0.05) is 13.0 Å². The highest BCUT2D eigenvalue weighted by molar-refractivity contribution is 4.87. The summed E-state index contributed by atoms with van der Waals surface area (Å²) in [6.07, 6.45) is 4.38. The van der Waals surface area contributed by atoms with Crippen molar-refractivity contribution in [3.05, 3.63) is 12.3 Å². The third-order valence-corrected chi connectivity index (χ3v) is 1.94. The molecule has 0 spiro atoms. The van der Waals surface area contributed by atoms with Crippen LogP contribution in [0.2, 0.25) is 0 Å². The Kier molecular flexibility index (Phi) is 2.75. The van der Waals surface area contributed by atoms with Crippen molar-refractivity contribution in [2.45, 2.75) is 6.92 Å². The number of nitrogens with zero attached hydrogens (tertiary/aromatic N) is 2. The number of rotatable bonds is 1. The summed E-state index contributed by atoms with van der Waals surface area (Å²) in [7, 11) is 2.12. The largest absolute Gasteiger partial charge is 0.379 e. The van der Waals surface area contributed by atoms with Crippen LogP contribution in [0.1, 0.15) is 6.92 Å². The average molecular weight is 140 g/mol. The van der Waals surface area contributed by atoms with Gasteiger partial charge >= 0.3 is 0 Å². The van der Waals surface area contributed by atoms with Crippen LogP contribution >= 0.6 is 0 Å². The summed E-state index contributed by atoms with van der Waals surface area (Å²) in [4.78, 5) is 4.66. The van der Waals surface area contributed by atoms with Gasteiger partial charge in [-0.05, 0) is 12.7 Å². The maximum Gasteiger partial charge on any atom is 0.0297 e. The molecule has 10 heavy (non-hydrogen) atoms. The van der Waals surface area contributed by atoms with Crippen LogP contribution in [0, 0.1) is 0 Å². The summed E-state index contributed by atoms with van der Waals surface area (Å²) in [6, 6.07) is 0. The van der Waals surface area contributed by atoms with E-state index in [1.54, 1.807) is 0 Å². The van der Waals surface area contributed by atoms with Crippen molar-refractivity contribution in [1.82, 2.24) is 9.80 Å². The monoisotopic (exact) mass is 140 g/mol. The van der Waals surface area contributed by atoms with Crippen molar-refractivity contribution in [2.24, 2.45) is 0 Å². The third kappa shape index (κ3) is 2.03. The van der Waals surface area contributed by atoms with Crippen molar-refractivity contribution in [2.75, 3.05) is 33.2 Å². The molecule has 0 bridgehead atoms. The van der Waals surface area contributed by atoms with Crippen LogP contribution in [0.15, 0.2) is 12.3 Å². The quantitative estimate of drug-likeness (QED) is 0.531. The van der Waals surface area contributed by atoms with Gasteiger partial charge in [0.2, 0.25) is 0 Å².